The molecule has 19 heavy (non-hydrogen) atoms. The maximum atomic E-state index is 12.3. The lowest BCUT2D eigenvalue weighted by Crippen LogP contribution is -2.39. The van der Waals surface area contributed by atoms with Crippen LogP contribution < -0.4 is 11.1 Å². The van der Waals surface area contributed by atoms with Gasteiger partial charge in [0.2, 0.25) is 0 Å². The van der Waals surface area contributed by atoms with Crippen LogP contribution in [0.5, 0.6) is 0 Å². The van der Waals surface area contributed by atoms with E-state index in [0.717, 1.165) is 25.0 Å². The predicted octanol–water partition coefficient (Wildman–Crippen LogP) is 1.87. The van der Waals surface area contributed by atoms with E-state index in [2.05, 4.69) is 17.3 Å². The van der Waals surface area contributed by atoms with E-state index >= 15 is 0 Å². The van der Waals surface area contributed by atoms with Crippen LogP contribution in [0.25, 0.3) is 0 Å². The van der Waals surface area contributed by atoms with E-state index in [4.69, 9.17) is 5.73 Å². The molecule has 1 aliphatic rings. The van der Waals surface area contributed by atoms with Gasteiger partial charge in [0.15, 0.2) is 0 Å². The molecule has 2 rings (SSSR count). The molecule has 1 heterocycles. The number of carbonyl (C=O) groups excluding carboxylic acids is 1. The molecule has 2 atom stereocenters. The summed E-state index contributed by atoms with van der Waals surface area (Å²) in [5.74, 6) is 0.598. The zero-order valence-electron chi connectivity index (χ0n) is 12.1. The number of nitrogen functional groups attached to an aromatic ring is 1. The second-order valence-corrected chi connectivity index (χ2v) is 5.63. The van der Waals surface area contributed by atoms with Gasteiger partial charge in [-0.05, 0) is 25.2 Å². The molecular formula is C14H24N4O. The molecule has 5 heteroatoms. The standard InChI is InChI=1S/C14H24N4O/c1-4-11-12(15)13(18(3)17-11)14(19)16-10-7-5-6-9(2)8-10/h9-10H,4-8,15H2,1-3H3,(H,16,19). The Morgan fingerprint density at radius 2 is 2.26 bits per heavy atom. The Balaban J connectivity index is 2.09. The Kier molecular flexibility index (Phi) is 4.12. The quantitative estimate of drug-likeness (QED) is 0.875. The van der Waals surface area contributed by atoms with Crippen LogP contribution >= 0.6 is 0 Å². The average molecular weight is 264 g/mol. The minimum atomic E-state index is -0.0914. The highest BCUT2D eigenvalue weighted by molar-refractivity contribution is 5.98. The smallest absolute Gasteiger partial charge is 0.271 e. The van der Waals surface area contributed by atoms with Gasteiger partial charge in [0.05, 0.1) is 11.4 Å². The van der Waals surface area contributed by atoms with Crippen LogP contribution in [0, 0.1) is 5.92 Å². The van der Waals surface area contributed by atoms with Crippen LogP contribution in [0.1, 0.15) is 55.7 Å². The summed E-state index contributed by atoms with van der Waals surface area (Å²) in [7, 11) is 1.77. The lowest BCUT2D eigenvalue weighted by Gasteiger charge is -2.27. The Labute approximate surface area is 114 Å². The van der Waals surface area contributed by atoms with E-state index in [0.29, 0.717) is 17.3 Å². The van der Waals surface area contributed by atoms with Crippen molar-refractivity contribution in [3.05, 3.63) is 11.4 Å². The fourth-order valence-corrected chi connectivity index (χ4v) is 2.95. The predicted molar refractivity (Wildman–Crippen MR) is 75.9 cm³/mol. The summed E-state index contributed by atoms with van der Waals surface area (Å²) in [6.45, 7) is 4.23. The molecule has 0 radical (unpaired) electrons. The first-order chi connectivity index (χ1) is 9.02. The molecule has 1 aromatic heterocycles. The summed E-state index contributed by atoms with van der Waals surface area (Å²) in [6, 6.07) is 0.274. The molecule has 5 nitrogen and oxygen atoms in total. The molecule has 106 valence electrons. The van der Waals surface area contributed by atoms with E-state index in [1.54, 1.807) is 11.7 Å². The van der Waals surface area contributed by atoms with E-state index < -0.39 is 0 Å². The number of hydrogen-bond acceptors (Lipinski definition) is 3. The van der Waals surface area contributed by atoms with Gasteiger partial charge in [-0.1, -0.05) is 26.7 Å². The van der Waals surface area contributed by atoms with Crippen molar-refractivity contribution in [2.75, 3.05) is 5.73 Å². The van der Waals surface area contributed by atoms with Crippen molar-refractivity contribution in [2.45, 2.75) is 52.0 Å². The molecule has 0 aliphatic heterocycles. The van der Waals surface area contributed by atoms with Crippen molar-refractivity contribution in [3.63, 3.8) is 0 Å². The molecule has 1 saturated carbocycles. The molecule has 0 bridgehead atoms. The van der Waals surface area contributed by atoms with Crippen molar-refractivity contribution < 1.29 is 4.79 Å². The van der Waals surface area contributed by atoms with Gasteiger partial charge in [0.1, 0.15) is 5.69 Å². The van der Waals surface area contributed by atoms with Crippen molar-refractivity contribution in [3.8, 4) is 0 Å². The van der Waals surface area contributed by atoms with Crippen LogP contribution in [-0.2, 0) is 13.5 Å². The number of aromatic nitrogens is 2. The van der Waals surface area contributed by atoms with Crippen molar-refractivity contribution >= 4 is 11.6 Å². The highest BCUT2D eigenvalue weighted by Gasteiger charge is 2.24. The first-order valence-corrected chi connectivity index (χ1v) is 7.15. The van der Waals surface area contributed by atoms with Gasteiger partial charge in [0.25, 0.3) is 5.91 Å². The number of carbonyl (C=O) groups is 1. The van der Waals surface area contributed by atoms with Gasteiger partial charge >= 0.3 is 0 Å². The fraction of sp³-hybridized carbons (Fsp3) is 0.714. The highest BCUT2D eigenvalue weighted by Crippen LogP contribution is 2.24. The van der Waals surface area contributed by atoms with Crippen LogP contribution in [0.4, 0.5) is 5.69 Å². The second kappa shape index (κ2) is 5.63. The highest BCUT2D eigenvalue weighted by atomic mass is 16.2. The summed E-state index contributed by atoms with van der Waals surface area (Å²) in [5, 5.41) is 7.39. The van der Waals surface area contributed by atoms with Crippen LogP contribution in [0.15, 0.2) is 0 Å². The van der Waals surface area contributed by atoms with Gasteiger partial charge in [-0.3, -0.25) is 9.48 Å². The number of aryl methyl sites for hydroxylation is 2. The number of rotatable bonds is 3. The molecule has 1 aliphatic carbocycles. The average Bonchev–Trinajstić information content (AvgIpc) is 2.64. The van der Waals surface area contributed by atoms with Crippen LogP contribution in [0.3, 0.4) is 0 Å². The number of nitrogens with two attached hydrogens (primary N) is 1. The van der Waals surface area contributed by atoms with Gasteiger partial charge < -0.3 is 11.1 Å². The van der Waals surface area contributed by atoms with Crippen LogP contribution in [-0.4, -0.2) is 21.7 Å². The van der Waals surface area contributed by atoms with Gasteiger partial charge in [-0.15, -0.1) is 0 Å². The summed E-state index contributed by atoms with van der Waals surface area (Å²) >= 11 is 0. The normalized spacial score (nSPS) is 23.3. The minimum absolute atomic E-state index is 0.0914. The van der Waals surface area contributed by atoms with Gasteiger partial charge in [0, 0.05) is 13.1 Å². The number of nitrogens with zero attached hydrogens (tertiary/aromatic N) is 2. The molecule has 2 unspecified atom stereocenters. The third-order valence-electron chi connectivity index (χ3n) is 3.98. The Morgan fingerprint density at radius 3 is 2.84 bits per heavy atom. The third kappa shape index (κ3) is 2.91. The largest absolute Gasteiger partial charge is 0.395 e. The molecule has 1 fully saturated rings. The number of hydrogen-bond donors (Lipinski definition) is 2. The minimum Gasteiger partial charge on any atom is -0.395 e. The van der Waals surface area contributed by atoms with Crippen molar-refractivity contribution in [2.24, 2.45) is 13.0 Å². The molecule has 1 aromatic rings. The van der Waals surface area contributed by atoms with E-state index in [9.17, 15) is 4.79 Å². The summed E-state index contributed by atoms with van der Waals surface area (Å²) in [6.07, 6.45) is 5.32. The molecular weight excluding hydrogens is 240 g/mol. The number of amides is 1. The lowest BCUT2D eigenvalue weighted by molar-refractivity contribution is 0.0913. The summed E-state index contributed by atoms with van der Waals surface area (Å²) in [5.41, 5.74) is 7.82. The van der Waals surface area contributed by atoms with Gasteiger partial charge in [-0.2, -0.15) is 5.10 Å². The number of anilines is 1. The molecule has 0 aromatic carbocycles. The molecule has 0 saturated heterocycles. The lowest BCUT2D eigenvalue weighted by atomic mass is 9.87. The van der Waals surface area contributed by atoms with Gasteiger partial charge in [-0.25, -0.2) is 0 Å². The fourth-order valence-electron chi connectivity index (χ4n) is 2.95. The molecule has 0 spiro atoms. The first-order valence-electron chi connectivity index (χ1n) is 7.15. The Bertz CT molecular complexity index is 466. The van der Waals surface area contributed by atoms with E-state index in [-0.39, 0.29) is 11.9 Å². The SMILES string of the molecule is CCc1nn(C)c(C(=O)NC2CCCC(C)C2)c1N. The third-order valence-corrected chi connectivity index (χ3v) is 3.98. The zero-order valence-corrected chi connectivity index (χ0v) is 12.1. The monoisotopic (exact) mass is 264 g/mol. The Hall–Kier alpha value is -1.52. The van der Waals surface area contributed by atoms with E-state index in [1.165, 1.54) is 12.8 Å². The molecule has 1 amide bonds. The molecule has 3 N–H and O–H groups in total. The van der Waals surface area contributed by atoms with Crippen LogP contribution in [0.2, 0.25) is 0 Å². The first kappa shape index (κ1) is 13.9. The summed E-state index contributed by atoms with van der Waals surface area (Å²) in [4.78, 5) is 12.3. The van der Waals surface area contributed by atoms with Crippen molar-refractivity contribution in [1.82, 2.24) is 15.1 Å². The van der Waals surface area contributed by atoms with Crippen molar-refractivity contribution in [1.29, 1.82) is 0 Å². The maximum Gasteiger partial charge on any atom is 0.271 e. The maximum absolute atomic E-state index is 12.3. The second-order valence-electron chi connectivity index (χ2n) is 5.63. The Morgan fingerprint density at radius 1 is 1.53 bits per heavy atom. The number of nitrogens with one attached hydrogen (secondary N) is 1. The topological polar surface area (TPSA) is 72.9 Å². The summed E-state index contributed by atoms with van der Waals surface area (Å²) < 4.78 is 1.59. The van der Waals surface area contributed by atoms with E-state index in [1.807, 2.05) is 6.92 Å². The zero-order chi connectivity index (χ0) is 14.0.